The molecule has 6 heteroatoms. The lowest BCUT2D eigenvalue weighted by Gasteiger charge is -2.21. The molecule has 3 rings (SSSR count). The Bertz CT molecular complexity index is 676. The van der Waals surface area contributed by atoms with Gasteiger partial charge in [-0.2, -0.15) is 0 Å². The SMILES string of the molecule is CC(C)c1cc(C(=O)NCc2cnc(C3CCCCO3)nc2)cs1. The smallest absolute Gasteiger partial charge is 0.252 e. The number of aromatic nitrogens is 2. The zero-order valence-corrected chi connectivity index (χ0v) is 14.9. The van der Waals surface area contributed by atoms with E-state index < -0.39 is 0 Å². The van der Waals surface area contributed by atoms with Crippen molar-refractivity contribution in [3.8, 4) is 0 Å². The summed E-state index contributed by atoms with van der Waals surface area (Å²) in [6.45, 7) is 5.47. The molecule has 2 aromatic heterocycles. The van der Waals surface area contributed by atoms with Gasteiger partial charge in [-0.05, 0) is 31.2 Å². The number of thiophene rings is 1. The molecule has 1 saturated heterocycles. The molecule has 1 unspecified atom stereocenters. The van der Waals surface area contributed by atoms with Crippen molar-refractivity contribution in [3.63, 3.8) is 0 Å². The van der Waals surface area contributed by atoms with E-state index in [1.54, 1.807) is 23.7 Å². The number of rotatable bonds is 5. The first-order valence-electron chi connectivity index (χ1n) is 8.42. The van der Waals surface area contributed by atoms with Gasteiger partial charge in [-0.15, -0.1) is 11.3 Å². The van der Waals surface area contributed by atoms with Crippen LogP contribution in [0, 0.1) is 0 Å². The number of amides is 1. The Morgan fingerprint density at radius 1 is 1.38 bits per heavy atom. The molecule has 1 aliphatic rings. The van der Waals surface area contributed by atoms with E-state index >= 15 is 0 Å². The van der Waals surface area contributed by atoms with Crippen molar-refractivity contribution >= 4 is 17.2 Å². The Balaban J connectivity index is 1.54. The molecular weight excluding hydrogens is 322 g/mol. The Morgan fingerprint density at radius 2 is 2.17 bits per heavy atom. The van der Waals surface area contributed by atoms with E-state index in [1.807, 2.05) is 11.4 Å². The van der Waals surface area contributed by atoms with Crippen LogP contribution in [-0.4, -0.2) is 22.5 Å². The summed E-state index contributed by atoms with van der Waals surface area (Å²) < 4.78 is 5.69. The molecule has 2 aromatic rings. The number of nitrogens with zero attached hydrogens (tertiary/aromatic N) is 2. The van der Waals surface area contributed by atoms with E-state index in [-0.39, 0.29) is 12.0 Å². The molecule has 1 atom stereocenters. The molecule has 24 heavy (non-hydrogen) atoms. The summed E-state index contributed by atoms with van der Waals surface area (Å²) in [5, 5.41) is 4.83. The number of carbonyl (C=O) groups is 1. The normalized spacial score (nSPS) is 17.9. The van der Waals surface area contributed by atoms with Gasteiger partial charge in [0.1, 0.15) is 6.10 Å². The highest BCUT2D eigenvalue weighted by Gasteiger charge is 2.18. The molecule has 0 aliphatic carbocycles. The van der Waals surface area contributed by atoms with Crippen LogP contribution in [0.15, 0.2) is 23.8 Å². The summed E-state index contributed by atoms with van der Waals surface area (Å²) in [6.07, 6.45) is 6.81. The lowest BCUT2D eigenvalue weighted by Crippen LogP contribution is -2.22. The molecule has 128 valence electrons. The summed E-state index contributed by atoms with van der Waals surface area (Å²) in [7, 11) is 0. The fourth-order valence-electron chi connectivity index (χ4n) is 2.63. The monoisotopic (exact) mass is 345 g/mol. The second kappa shape index (κ2) is 7.85. The van der Waals surface area contributed by atoms with Gasteiger partial charge in [0.05, 0.1) is 5.56 Å². The molecule has 0 saturated carbocycles. The van der Waals surface area contributed by atoms with Crippen LogP contribution < -0.4 is 5.32 Å². The van der Waals surface area contributed by atoms with Crippen LogP contribution in [0.25, 0.3) is 0 Å². The van der Waals surface area contributed by atoms with E-state index in [4.69, 9.17) is 4.74 Å². The second-order valence-electron chi connectivity index (χ2n) is 6.38. The average molecular weight is 345 g/mol. The summed E-state index contributed by atoms with van der Waals surface area (Å²) in [5.41, 5.74) is 1.61. The van der Waals surface area contributed by atoms with Gasteiger partial charge in [-0.3, -0.25) is 4.79 Å². The Hall–Kier alpha value is -1.79. The lowest BCUT2D eigenvalue weighted by molar-refractivity contribution is 0.00940. The molecule has 1 aliphatic heterocycles. The zero-order valence-electron chi connectivity index (χ0n) is 14.1. The van der Waals surface area contributed by atoms with Crippen molar-refractivity contribution in [2.24, 2.45) is 0 Å². The fourth-order valence-corrected chi connectivity index (χ4v) is 3.53. The molecule has 0 radical (unpaired) electrons. The van der Waals surface area contributed by atoms with E-state index in [0.717, 1.165) is 42.8 Å². The van der Waals surface area contributed by atoms with Gasteiger partial charge in [-0.25, -0.2) is 9.97 Å². The van der Waals surface area contributed by atoms with Gasteiger partial charge in [0.15, 0.2) is 5.82 Å². The van der Waals surface area contributed by atoms with Crippen molar-refractivity contribution in [2.75, 3.05) is 6.61 Å². The minimum absolute atomic E-state index is 0.0163. The molecule has 1 N–H and O–H groups in total. The topological polar surface area (TPSA) is 64.1 Å². The molecule has 1 amide bonds. The van der Waals surface area contributed by atoms with E-state index in [9.17, 15) is 4.79 Å². The standard InChI is InChI=1S/C18H23N3O2S/c1-12(2)16-7-14(11-24-16)18(22)21-10-13-8-19-17(20-9-13)15-5-3-4-6-23-15/h7-9,11-12,15H,3-6,10H2,1-2H3,(H,21,22). The van der Waals surface area contributed by atoms with Crippen LogP contribution in [-0.2, 0) is 11.3 Å². The van der Waals surface area contributed by atoms with E-state index in [2.05, 4.69) is 29.1 Å². The van der Waals surface area contributed by atoms with E-state index in [1.165, 1.54) is 4.88 Å². The van der Waals surface area contributed by atoms with Crippen molar-refractivity contribution in [3.05, 3.63) is 45.7 Å². The third kappa shape index (κ3) is 4.19. The highest BCUT2D eigenvalue weighted by molar-refractivity contribution is 7.10. The highest BCUT2D eigenvalue weighted by Crippen LogP contribution is 2.25. The number of hydrogen-bond acceptors (Lipinski definition) is 5. The minimum atomic E-state index is -0.0576. The van der Waals surface area contributed by atoms with Crippen molar-refractivity contribution in [2.45, 2.75) is 51.7 Å². The molecule has 0 spiro atoms. The van der Waals surface area contributed by atoms with Gasteiger partial charge < -0.3 is 10.1 Å². The third-order valence-electron chi connectivity index (χ3n) is 4.10. The van der Waals surface area contributed by atoms with Gasteiger partial charge >= 0.3 is 0 Å². The van der Waals surface area contributed by atoms with Gasteiger partial charge in [0.2, 0.25) is 0 Å². The highest BCUT2D eigenvalue weighted by atomic mass is 32.1. The van der Waals surface area contributed by atoms with Crippen LogP contribution in [0.3, 0.4) is 0 Å². The first-order valence-corrected chi connectivity index (χ1v) is 9.30. The summed E-state index contributed by atoms with van der Waals surface area (Å²) >= 11 is 1.63. The summed E-state index contributed by atoms with van der Waals surface area (Å²) in [4.78, 5) is 22.2. The van der Waals surface area contributed by atoms with Gasteiger partial charge in [-0.1, -0.05) is 13.8 Å². The van der Waals surface area contributed by atoms with Crippen molar-refractivity contribution in [1.29, 1.82) is 0 Å². The molecule has 5 nitrogen and oxygen atoms in total. The quantitative estimate of drug-likeness (QED) is 0.894. The van der Waals surface area contributed by atoms with Gasteiger partial charge in [0, 0.05) is 41.4 Å². The Kier molecular flexibility index (Phi) is 5.58. The first kappa shape index (κ1) is 17.0. The number of nitrogens with one attached hydrogen (secondary N) is 1. The minimum Gasteiger partial charge on any atom is -0.370 e. The van der Waals surface area contributed by atoms with Crippen LogP contribution in [0.5, 0.6) is 0 Å². The fraction of sp³-hybridized carbons (Fsp3) is 0.500. The zero-order chi connectivity index (χ0) is 16.9. The third-order valence-corrected chi connectivity index (χ3v) is 5.33. The number of carbonyl (C=O) groups excluding carboxylic acids is 1. The lowest BCUT2D eigenvalue weighted by atomic mass is 10.1. The van der Waals surface area contributed by atoms with E-state index in [0.29, 0.717) is 12.5 Å². The van der Waals surface area contributed by atoms with Gasteiger partial charge in [0.25, 0.3) is 5.91 Å². The molecule has 0 bridgehead atoms. The molecule has 0 aromatic carbocycles. The van der Waals surface area contributed by atoms with Crippen LogP contribution >= 0.6 is 11.3 Å². The first-order chi connectivity index (χ1) is 11.6. The Morgan fingerprint density at radius 3 is 2.79 bits per heavy atom. The van der Waals surface area contributed by atoms with Crippen LogP contribution in [0.4, 0.5) is 0 Å². The summed E-state index contributed by atoms with van der Waals surface area (Å²) in [6, 6.07) is 1.96. The molecular formula is C18H23N3O2S. The second-order valence-corrected chi connectivity index (χ2v) is 7.32. The predicted molar refractivity (Wildman–Crippen MR) is 94.2 cm³/mol. The van der Waals surface area contributed by atoms with Crippen molar-refractivity contribution < 1.29 is 9.53 Å². The van der Waals surface area contributed by atoms with Crippen LogP contribution in [0.2, 0.25) is 0 Å². The maximum absolute atomic E-state index is 12.2. The maximum atomic E-state index is 12.2. The number of hydrogen-bond donors (Lipinski definition) is 1. The summed E-state index contributed by atoms with van der Waals surface area (Å²) in [5.74, 6) is 1.13. The maximum Gasteiger partial charge on any atom is 0.252 e. The van der Waals surface area contributed by atoms with Crippen LogP contribution in [0.1, 0.15) is 71.8 Å². The Labute approximate surface area is 146 Å². The van der Waals surface area contributed by atoms with Crippen molar-refractivity contribution in [1.82, 2.24) is 15.3 Å². The average Bonchev–Trinajstić information content (AvgIpc) is 3.11. The largest absolute Gasteiger partial charge is 0.370 e. The molecule has 3 heterocycles. The predicted octanol–water partition coefficient (Wildman–Crippen LogP) is 3.83. The molecule has 1 fully saturated rings. The number of ether oxygens (including phenoxy) is 1.